The SMILES string of the molecule is C/C=C(/C)[S+]1c2ccccc2Sc2ccccc21.CC#N.[O-][Cl+3]([O-])([O-])[O-]. The van der Waals surface area contributed by atoms with Gasteiger partial charge in [-0.05, 0) is 37.3 Å². The zero-order valence-electron chi connectivity index (χ0n) is 14.5. The summed E-state index contributed by atoms with van der Waals surface area (Å²) in [5.41, 5.74) is 0. The molecular weight excluding hydrogens is 394 g/mol. The molecule has 2 aromatic carbocycles. The molecule has 8 heteroatoms. The van der Waals surface area contributed by atoms with E-state index < -0.39 is 10.2 Å². The highest BCUT2D eigenvalue weighted by molar-refractivity contribution is 8.05. The first-order valence-corrected chi connectivity index (χ1v) is 10.7. The molecule has 0 atom stereocenters. The van der Waals surface area contributed by atoms with Gasteiger partial charge < -0.3 is 0 Å². The van der Waals surface area contributed by atoms with Crippen LogP contribution in [0.2, 0.25) is 0 Å². The van der Waals surface area contributed by atoms with Crippen molar-refractivity contribution in [2.45, 2.75) is 40.4 Å². The van der Waals surface area contributed by atoms with Crippen LogP contribution in [-0.4, -0.2) is 0 Å². The lowest BCUT2D eigenvalue weighted by molar-refractivity contribution is -2.00. The number of fused-ring (bicyclic) bond motifs is 2. The van der Waals surface area contributed by atoms with Crippen molar-refractivity contribution in [3.63, 3.8) is 0 Å². The van der Waals surface area contributed by atoms with Crippen LogP contribution in [0.15, 0.2) is 79.1 Å². The quantitative estimate of drug-likeness (QED) is 0.643. The van der Waals surface area contributed by atoms with Crippen LogP contribution in [-0.2, 0) is 10.9 Å². The van der Waals surface area contributed by atoms with Crippen LogP contribution >= 0.6 is 11.8 Å². The van der Waals surface area contributed by atoms with E-state index >= 15 is 0 Å². The molecule has 0 fully saturated rings. The molecular formula is C18H18ClNO4S2. The molecule has 1 heterocycles. The molecule has 0 radical (unpaired) electrons. The Morgan fingerprint density at radius 1 is 1.00 bits per heavy atom. The van der Waals surface area contributed by atoms with E-state index in [0.717, 1.165) is 0 Å². The molecule has 3 rings (SSSR count). The molecule has 2 aromatic rings. The summed E-state index contributed by atoms with van der Waals surface area (Å²) in [6.07, 6.45) is 2.24. The van der Waals surface area contributed by atoms with E-state index in [4.69, 9.17) is 23.9 Å². The lowest BCUT2D eigenvalue weighted by Crippen LogP contribution is -2.68. The summed E-state index contributed by atoms with van der Waals surface area (Å²) < 4.78 is 34.0. The van der Waals surface area contributed by atoms with Crippen molar-refractivity contribution < 1.29 is 28.9 Å². The lowest BCUT2D eigenvalue weighted by atomic mass is 10.3. The van der Waals surface area contributed by atoms with Crippen LogP contribution in [0.5, 0.6) is 0 Å². The van der Waals surface area contributed by atoms with Crippen LogP contribution in [0.3, 0.4) is 0 Å². The molecule has 1 aliphatic heterocycles. The number of allylic oxidation sites excluding steroid dienone is 2. The summed E-state index contributed by atoms with van der Waals surface area (Å²) in [4.78, 5) is 7.20. The summed E-state index contributed by atoms with van der Waals surface area (Å²) in [5.74, 6) is 0. The highest BCUT2D eigenvalue weighted by Gasteiger charge is 2.36. The largest absolute Gasteiger partial charge is 0.222 e. The first-order chi connectivity index (χ1) is 12.2. The number of rotatable bonds is 1. The second-order valence-electron chi connectivity index (χ2n) is 4.80. The Kier molecular flexibility index (Phi) is 9.19. The minimum atomic E-state index is -4.94. The van der Waals surface area contributed by atoms with Gasteiger partial charge in [-0.1, -0.05) is 36.0 Å². The number of hydrogen-bond donors (Lipinski definition) is 0. The van der Waals surface area contributed by atoms with Crippen LogP contribution < -0.4 is 18.6 Å². The summed E-state index contributed by atoms with van der Waals surface area (Å²) >= 11 is 1.89. The van der Waals surface area contributed by atoms with Crippen molar-refractivity contribution in [1.29, 1.82) is 5.26 Å². The Morgan fingerprint density at radius 2 is 1.35 bits per heavy atom. The molecule has 1 aliphatic rings. The van der Waals surface area contributed by atoms with Gasteiger partial charge in [0.2, 0.25) is 0 Å². The summed E-state index contributed by atoms with van der Waals surface area (Å²) in [7, 11) is -4.84. The topological polar surface area (TPSA) is 116 Å². The Balaban J connectivity index is 0.000000361. The van der Waals surface area contributed by atoms with Gasteiger partial charge in [0.05, 0.1) is 26.8 Å². The third kappa shape index (κ3) is 7.02. The van der Waals surface area contributed by atoms with Gasteiger partial charge in [-0.25, -0.2) is 18.6 Å². The maximum Gasteiger partial charge on any atom is 0.180 e. The first-order valence-electron chi connectivity index (χ1n) is 7.38. The van der Waals surface area contributed by atoms with E-state index in [1.807, 2.05) is 11.8 Å². The summed E-state index contributed by atoms with van der Waals surface area (Å²) in [5, 5.41) is 7.32. The lowest BCUT2D eigenvalue weighted by Gasteiger charge is -2.18. The molecule has 0 spiro atoms. The maximum absolute atomic E-state index is 8.49. The average Bonchev–Trinajstić information content (AvgIpc) is 2.58. The molecule has 0 N–H and O–H groups in total. The van der Waals surface area contributed by atoms with Gasteiger partial charge in [-0.2, -0.15) is 5.26 Å². The van der Waals surface area contributed by atoms with Gasteiger partial charge >= 0.3 is 0 Å². The highest BCUT2D eigenvalue weighted by atomic mass is 35.7. The van der Waals surface area contributed by atoms with Crippen molar-refractivity contribution >= 4 is 22.7 Å². The Bertz CT molecular complexity index is 749. The highest BCUT2D eigenvalue weighted by Crippen LogP contribution is 2.47. The molecule has 5 nitrogen and oxygen atoms in total. The Morgan fingerprint density at radius 3 is 1.69 bits per heavy atom. The fourth-order valence-electron chi connectivity index (χ4n) is 2.11. The van der Waals surface area contributed by atoms with Gasteiger partial charge in [0, 0.05) is 13.8 Å². The Hall–Kier alpha value is -1.50. The molecule has 138 valence electrons. The monoisotopic (exact) mass is 411 g/mol. The van der Waals surface area contributed by atoms with E-state index in [0.29, 0.717) is 0 Å². The van der Waals surface area contributed by atoms with Gasteiger partial charge in [0.15, 0.2) is 9.79 Å². The predicted molar refractivity (Wildman–Crippen MR) is 91.6 cm³/mol. The van der Waals surface area contributed by atoms with E-state index in [9.17, 15) is 0 Å². The maximum atomic E-state index is 8.49. The standard InChI is InChI=1S/C16H15S2.C2H3N.ClHO4/c1-3-12(2)18-15-10-6-4-8-13(15)17-14-9-5-7-11-16(14)18;1-2-3;2-1(3,4)5/h3-11H,1-2H3;1H3;(H,2,3,4,5)/q+1;;/p-1/b12-3-;;. The normalized spacial score (nSPS) is 13.1. The fraction of sp³-hybridized carbons (Fsp3) is 0.167. The van der Waals surface area contributed by atoms with E-state index in [1.54, 1.807) is 6.07 Å². The molecule has 0 unspecified atom stereocenters. The second kappa shape index (κ2) is 10.6. The van der Waals surface area contributed by atoms with Crippen LogP contribution in [0.4, 0.5) is 0 Å². The number of halogens is 1. The number of benzene rings is 2. The van der Waals surface area contributed by atoms with Crippen molar-refractivity contribution in [2.75, 3.05) is 0 Å². The minimum Gasteiger partial charge on any atom is -0.222 e. The van der Waals surface area contributed by atoms with Gasteiger partial charge in [0.25, 0.3) is 0 Å². The third-order valence-electron chi connectivity index (χ3n) is 3.09. The smallest absolute Gasteiger partial charge is 0.180 e. The van der Waals surface area contributed by atoms with Crippen molar-refractivity contribution in [3.05, 3.63) is 59.5 Å². The van der Waals surface area contributed by atoms with Crippen molar-refractivity contribution in [2.24, 2.45) is 0 Å². The number of nitrogens with zero attached hydrogens (tertiary/aromatic N) is 1. The van der Waals surface area contributed by atoms with Gasteiger partial charge in [-0.15, -0.1) is 10.2 Å². The van der Waals surface area contributed by atoms with Gasteiger partial charge in [0.1, 0.15) is 4.91 Å². The molecule has 0 aromatic heterocycles. The number of nitriles is 1. The second-order valence-corrected chi connectivity index (χ2v) is 8.78. The minimum absolute atomic E-state index is 0.101. The summed E-state index contributed by atoms with van der Waals surface area (Å²) in [6.45, 7) is 5.81. The van der Waals surface area contributed by atoms with Crippen LogP contribution in [0, 0.1) is 21.6 Å². The average molecular weight is 412 g/mol. The zero-order valence-corrected chi connectivity index (χ0v) is 16.9. The first kappa shape index (κ1) is 22.5. The third-order valence-corrected chi connectivity index (χ3v) is 6.97. The molecule has 0 bridgehead atoms. The molecule has 26 heavy (non-hydrogen) atoms. The summed E-state index contributed by atoms with van der Waals surface area (Å²) in [6, 6.07) is 19.3. The van der Waals surface area contributed by atoms with Crippen LogP contribution in [0.1, 0.15) is 20.8 Å². The van der Waals surface area contributed by atoms with Gasteiger partial charge in [-0.3, -0.25) is 0 Å². The van der Waals surface area contributed by atoms with Crippen molar-refractivity contribution in [1.82, 2.24) is 0 Å². The molecule has 0 amide bonds. The Labute approximate surface area is 162 Å². The zero-order chi connectivity index (χ0) is 19.7. The fourth-order valence-corrected chi connectivity index (χ4v) is 5.86. The van der Waals surface area contributed by atoms with Crippen LogP contribution in [0.25, 0.3) is 0 Å². The predicted octanol–water partition coefficient (Wildman–Crippen LogP) is 0.885. The molecule has 0 aliphatic carbocycles. The number of hydrogen-bond acceptors (Lipinski definition) is 6. The van der Waals surface area contributed by atoms with E-state index in [-0.39, 0.29) is 10.9 Å². The van der Waals surface area contributed by atoms with Crippen molar-refractivity contribution in [3.8, 4) is 6.07 Å². The van der Waals surface area contributed by atoms with E-state index in [2.05, 4.69) is 68.5 Å². The van der Waals surface area contributed by atoms with E-state index in [1.165, 1.54) is 31.4 Å². The molecule has 0 saturated heterocycles. The molecule has 0 saturated carbocycles.